The van der Waals surface area contributed by atoms with Crippen LogP contribution in [0.15, 0.2) is 33.6 Å². The molecule has 6 nitrogen and oxygen atoms in total. The number of hydrogen-bond donors (Lipinski definition) is 2. The summed E-state index contributed by atoms with van der Waals surface area (Å²) >= 11 is 9.91. The van der Waals surface area contributed by atoms with Crippen LogP contribution in [0.25, 0.3) is 6.08 Å². The van der Waals surface area contributed by atoms with E-state index < -0.39 is 0 Å². The van der Waals surface area contributed by atoms with Crippen LogP contribution in [0.1, 0.15) is 25.3 Å². The number of amides is 3. The topological polar surface area (TPSA) is 78.5 Å². The summed E-state index contributed by atoms with van der Waals surface area (Å²) < 4.78 is 1.41. The van der Waals surface area contributed by atoms with Crippen LogP contribution in [0, 0.1) is 0 Å². The van der Waals surface area contributed by atoms with E-state index in [4.69, 9.17) is 12.2 Å². The highest BCUT2D eigenvalue weighted by molar-refractivity contribution is 9.10. The number of hydrazine groups is 1. The van der Waals surface area contributed by atoms with Crippen LogP contribution in [-0.4, -0.2) is 33.5 Å². The molecule has 0 unspecified atom stereocenters. The Bertz CT molecular complexity index is 752. The molecule has 1 aliphatic heterocycles. The third-order valence-corrected chi connectivity index (χ3v) is 5.05. The SMILES string of the molecule is CC(=O)NNC(=O)CCCN1C(=O)/C(=C/c2cccc(Br)c2)SC1=S. The fraction of sp³-hybridized carbons (Fsp3) is 0.250. The first-order chi connectivity index (χ1) is 11.9. The van der Waals surface area contributed by atoms with E-state index in [0.29, 0.717) is 22.2 Å². The fourth-order valence-corrected chi connectivity index (χ4v) is 3.78. The maximum absolute atomic E-state index is 12.5. The first kappa shape index (κ1) is 19.6. The summed E-state index contributed by atoms with van der Waals surface area (Å²) in [5.41, 5.74) is 5.41. The molecule has 132 valence electrons. The van der Waals surface area contributed by atoms with Crippen molar-refractivity contribution >= 4 is 68.0 Å². The van der Waals surface area contributed by atoms with Crippen LogP contribution < -0.4 is 10.9 Å². The Kier molecular flexibility index (Phi) is 7.15. The normalized spacial score (nSPS) is 15.6. The number of hydrogen-bond acceptors (Lipinski definition) is 5. The molecule has 0 spiro atoms. The highest BCUT2D eigenvalue weighted by Gasteiger charge is 2.31. The lowest BCUT2D eigenvalue weighted by Gasteiger charge is -2.14. The molecule has 0 bridgehead atoms. The quantitative estimate of drug-likeness (QED) is 0.417. The molecule has 25 heavy (non-hydrogen) atoms. The van der Waals surface area contributed by atoms with E-state index in [9.17, 15) is 14.4 Å². The summed E-state index contributed by atoms with van der Waals surface area (Å²) in [5, 5.41) is 0. The minimum Gasteiger partial charge on any atom is -0.293 e. The molecule has 0 aliphatic carbocycles. The number of thiocarbonyl (C=S) groups is 1. The Labute approximate surface area is 163 Å². The first-order valence-electron chi connectivity index (χ1n) is 7.43. The Morgan fingerprint density at radius 2 is 2.12 bits per heavy atom. The maximum atomic E-state index is 12.5. The first-order valence-corrected chi connectivity index (χ1v) is 9.45. The van der Waals surface area contributed by atoms with Crippen LogP contribution >= 0.6 is 39.9 Å². The van der Waals surface area contributed by atoms with Gasteiger partial charge in [-0.3, -0.25) is 30.1 Å². The van der Waals surface area contributed by atoms with Gasteiger partial charge in [0.1, 0.15) is 4.32 Å². The van der Waals surface area contributed by atoms with Gasteiger partial charge in [-0.1, -0.05) is 52.0 Å². The predicted octanol–water partition coefficient (Wildman–Crippen LogP) is 2.60. The van der Waals surface area contributed by atoms with Crippen LogP contribution in [0.3, 0.4) is 0 Å². The monoisotopic (exact) mass is 441 g/mol. The van der Waals surface area contributed by atoms with Crippen molar-refractivity contribution in [3.8, 4) is 0 Å². The summed E-state index contributed by atoms with van der Waals surface area (Å²) in [5.74, 6) is -0.814. The predicted molar refractivity (Wildman–Crippen MR) is 105 cm³/mol. The second-order valence-electron chi connectivity index (χ2n) is 5.22. The molecule has 9 heteroatoms. The van der Waals surface area contributed by atoms with E-state index in [0.717, 1.165) is 10.0 Å². The zero-order chi connectivity index (χ0) is 18.4. The number of halogens is 1. The standard InChI is InChI=1S/C16H16BrN3O3S2/c1-10(21)18-19-14(22)6-3-7-20-15(23)13(25-16(20)24)9-11-4-2-5-12(17)8-11/h2,4-5,8-9H,3,6-7H2,1H3,(H,18,21)(H,19,22)/b13-9-. The molecular weight excluding hydrogens is 426 g/mol. The number of carbonyl (C=O) groups is 3. The number of benzene rings is 1. The lowest BCUT2D eigenvalue weighted by atomic mass is 10.2. The molecule has 1 saturated heterocycles. The van der Waals surface area contributed by atoms with Crippen molar-refractivity contribution in [2.75, 3.05) is 6.54 Å². The molecule has 0 saturated carbocycles. The van der Waals surface area contributed by atoms with Gasteiger partial charge in [-0.05, 0) is 30.2 Å². The van der Waals surface area contributed by atoms with E-state index in [1.165, 1.54) is 23.6 Å². The van der Waals surface area contributed by atoms with Gasteiger partial charge in [0.05, 0.1) is 4.91 Å². The van der Waals surface area contributed by atoms with Crippen molar-refractivity contribution < 1.29 is 14.4 Å². The molecule has 1 aromatic carbocycles. The van der Waals surface area contributed by atoms with Gasteiger partial charge in [0.15, 0.2) is 0 Å². The van der Waals surface area contributed by atoms with Crippen molar-refractivity contribution in [2.45, 2.75) is 19.8 Å². The molecule has 1 fully saturated rings. The minimum atomic E-state index is -0.344. The van der Waals surface area contributed by atoms with E-state index in [2.05, 4.69) is 26.8 Å². The lowest BCUT2D eigenvalue weighted by Crippen LogP contribution is -2.40. The van der Waals surface area contributed by atoms with E-state index >= 15 is 0 Å². The summed E-state index contributed by atoms with van der Waals surface area (Å²) in [6.45, 7) is 1.66. The minimum absolute atomic E-state index is 0.155. The molecule has 1 aliphatic rings. The number of carbonyl (C=O) groups excluding carboxylic acids is 3. The fourth-order valence-electron chi connectivity index (χ4n) is 2.06. The number of nitrogens with zero attached hydrogens (tertiary/aromatic N) is 1. The zero-order valence-corrected chi connectivity index (χ0v) is 16.6. The van der Waals surface area contributed by atoms with Gasteiger partial charge in [-0.25, -0.2) is 0 Å². The van der Waals surface area contributed by atoms with Gasteiger partial charge >= 0.3 is 0 Å². The van der Waals surface area contributed by atoms with Gasteiger partial charge in [0.25, 0.3) is 5.91 Å². The average molecular weight is 442 g/mol. The Balaban J connectivity index is 1.90. The van der Waals surface area contributed by atoms with E-state index in [1.807, 2.05) is 24.3 Å². The smallest absolute Gasteiger partial charge is 0.266 e. The van der Waals surface area contributed by atoms with Crippen LogP contribution in [0.2, 0.25) is 0 Å². The van der Waals surface area contributed by atoms with Crippen molar-refractivity contribution in [1.82, 2.24) is 15.8 Å². The summed E-state index contributed by atoms with van der Waals surface area (Å²) in [6, 6.07) is 7.63. The zero-order valence-electron chi connectivity index (χ0n) is 13.4. The third kappa shape index (κ3) is 5.94. The summed E-state index contributed by atoms with van der Waals surface area (Å²) in [7, 11) is 0. The van der Waals surface area contributed by atoms with Gasteiger partial charge in [0.2, 0.25) is 11.8 Å². The number of nitrogens with one attached hydrogen (secondary N) is 2. The second kappa shape index (κ2) is 9.12. The average Bonchev–Trinajstić information content (AvgIpc) is 2.80. The molecule has 0 radical (unpaired) electrons. The molecule has 1 aromatic rings. The van der Waals surface area contributed by atoms with Gasteiger partial charge in [-0.2, -0.15) is 0 Å². The third-order valence-electron chi connectivity index (χ3n) is 3.18. The van der Waals surface area contributed by atoms with E-state index in [-0.39, 0.29) is 24.1 Å². The van der Waals surface area contributed by atoms with Crippen molar-refractivity contribution in [3.05, 3.63) is 39.2 Å². The molecule has 2 rings (SSSR count). The van der Waals surface area contributed by atoms with Crippen molar-refractivity contribution in [1.29, 1.82) is 0 Å². The van der Waals surface area contributed by atoms with Gasteiger partial charge in [0, 0.05) is 24.4 Å². The Morgan fingerprint density at radius 3 is 2.80 bits per heavy atom. The maximum Gasteiger partial charge on any atom is 0.266 e. The molecule has 2 N–H and O–H groups in total. The molecule has 0 atom stereocenters. The highest BCUT2D eigenvalue weighted by atomic mass is 79.9. The van der Waals surface area contributed by atoms with Gasteiger partial charge in [-0.15, -0.1) is 0 Å². The van der Waals surface area contributed by atoms with Gasteiger partial charge < -0.3 is 0 Å². The van der Waals surface area contributed by atoms with E-state index in [1.54, 1.807) is 6.08 Å². The second-order valence-corrected chi connectivity index (χ2v) is 7.81. The molecule has 0 aromatic heterocycles. The molecule has 1 heterocycles. The summed E-state index contributed by atoms with van der Waals surface area (Å²) in [4.78, 5) is 36.8. The number of thioether (sulfide) groups is 1. The largest absolute Gasteiger partial charge is 0.293 e. The Hall–Kier alpha value is -1.71. The molecule has 3 amide bonds. The lowest BCUT2D eigenvalue weighted by molar-refractivity contribution is -0.128. The summed E-state index contributed by atoms with van der Waals surface area (Å²) in [6.07, 6.45) is 2.43. The van der Waals surface area contributed by atoms with Crippen molar-refractivity contribution in [2.24, 2.45) is 0 Å². The molecular formula is C16H16BrN3O3S2. The van der Waals surface area contributed by atoms with Crippen LogP contribution in [-0.2, 0) is 14.4 Å². The van der Waals surface area contributed by atoms with Crippen LogP contribution in [0.5, 0.6) is 0 Å². The van der Waals surface area contributed by atoms with Crippen LogP contribution in [0.4, 0.5) is 0 Å². The van der Waals surface area contributed by atoms with Crippen molar-refractivity contribution in [3.63, 3.8) is 0 Å². The highest BCUT2D eigenvalue weighted by Crippen LogP contribution is 2.33. The number of rotatable bonds is 5. The Morgan fingerprint density at radius 1 is 1.36 bits per heavy atom.